The average Bonchev–Trinajstić information content (AvgIpc) is 3.15. The molecular formula is C23H26F3N5O2. The fourth-order valence-corrected chi connectivity index (χ4v) is 4.17. The number of fused-ring (bicyclic) bond motifs is 1. The standard InChI is InChI=1S/C23H26F3N5O2/c1-13-4-6-15(7-5-13)31-12-14-8-18(16(22(2,3)33)9-17(14)30-31)29-21(32)19-10-28-20(11-27-19)23(24,25)26/h8-13,15,33H,4-7H2,1-3H3,(H,29,32)/t13-,15-. The zero-order valence-electron chi connectivity index (χ0n) is 18.6. The number of aromatic nitrogens is 4. The van der Waals surface area contributed by atoms with Gasteiger partial charge in [-0.05, 0) is 57.6 Å². The molecule has 2 N–H and O–H groups in total. The van der Waals surface area contributed by atoms with Gasteiger partial charge in [0.15, 0.2) is 5.69 Å². The monoisotopic (exact) mass is 461 g/mol. The number of carbonyl (C=O) groups excluding carboxylic acids is 1. The number of nitrogens with one attached hydrogen (secondary N) is 1. The first-order valence-corrected chi connectivity index (χ1v) is 10.9. The molecule has 0 radical (unpaired) electrons. The predicted molar refractivity (Wildman–Crippen MR) is 117 cm³/mol. The van der Waals surface area contributed by atoms with Crippen molar-refractivity contribution in [1.29, 1.82) is 0 Å². The molecule has 0 aliphatic heterocycles. The summed E-state index contributed by atoms with van der Waals surface area (Å²) < 4.78 is 40.1. The molecule has 0 spiro atoms. The molecule has 1 amide bonds. The largest absolute Gasteiger partial charge is 0.434 e. The van der Waals surface area contributed by atoms with Crippen LogP contribution in [0.25, 0.3) is 10.9 Å². The maximum absolute atomic E-state index is 12.7. The fraction of sp³-hybridized carbons (Fsp3) is 0.478. The quantitative estimate of drug-likeness (QED) is 0.566. The van der Waals surface area contributed by atoms with Crippen LogP contribution < -0.4 is 5.32 Å². The Morgan fingerprint density at radius 2 is 1.82 bits per heavy atom. The Kier molecular flexibility index (Phi) is 5.90. The van der Waals surface area contributed by atoms with E-state index in [0.29, 0.717) is 34.9 Å². The molecule has 1 fully saturated rings. The molecule has 4 rings (SSSR count). The van der Waals surface area contributed by atoms with Gasteiger partial charge in [-0.3, -0.25) is 9.48 Å². The van der Waals surface area contributed by atoms with Crippen LogP contribution in [0.4, 0.5) is 18.9 Å². The van der Waals surface area contributed by atoms with Crippen LogP contribution >= 0.6 is 0 Å². The Morgan fingerprint density at radius 3 is 2.39 bits per heavy atom. The molecule has 0 saturated heterocycles. The van der Waals surface area contributed by atoms with E-state index in [1.807, 2.05) is 10.9 Å². The van der Waals surface area contributed by atoms with Crippen molar-refractivity contribution in [2.45, 2.75) is 64.3 Å². The lowest BCUT2D eigenvalue weighted by Gasteiger charge is -2.26. The third kappa shape index (κ3) is 5.00. The van der Waals surface area contributed by atoms with Crippen LogP contribution in [-0.4, -0.2) is 30.8 Å². The minimum absolute atomic E-state index is 0.267. The van der Waals surface area contributed by atoms with E-state index in [-0.39, 0.29) is 5.69 Å². The number of benzene rings is 1. The van der Waals surface area contributed by atoms with Gasteiger partial charge in [0, 0.05) is 22.8 Å². The van der Waals surface area contributed by atoms with Crippen LogP contribution in [0, 0.1) is 5.92 Å². The Bertz CT molecular complexity index is 1160. The maximum Gasteiger partial charge on any atom is 0.434 e. The van der Waals surface area contributed by atoms with Crippen LogP contribution in [0.3, 0.4) is 0 Å². The first-order valence-electron chi connectivity index (χ1n) is 10.9. The zero-order valence-corrected chi connectivity index (χ0v) is 18.6. The highest BCUT2D eigenvalue weighted by molar-refractivity contribution is 6.04. The summed E-state index contributed by atoms with van der Waals surface area (Å²) in [6.07, 6.45) is 2.96. The minimum Gasteiger partial charge on any atom is -0.386 e. The lowest BCUT2D eigenvalue weighted by Crippen LogP contribution is -2.22. The maximum atomic E-state index is 12.7. The molecule has 3 aromatic rings. The summed E-state index contributed by atoms with van der Waals surface area (Å²) in [7, 11) is 0. The van der Waals surface area contributed by atoms with Crippen LogP contribution in [0.5, 0.6) is 0 Å². The van der Waals surface area contributed by atoms with Crippen molar-refractivity contribution in [3.05, 3.63) is 47.7 Å². The number of hydrogen-bond donors (Lipinski definition) is 2. The van der Waals surface area contributed by atoms with Gasteiger partial charge in [0.1, 0.15) is 5.69 Å². The van der Waals surface area contributed by atoms with Crippen molar-refractivity contribution in [2.24, 2.45) is 5.92 Å². The smallest absolute Gasteiger partial charge is 0.386 e. The second-order valence-electron chi connectivity index (χ2n) is 9.28. The molecule has 0 atom stereocenters. The van der Waals surface area contributed by atoms with Crippen LogP contribution in [0.2, 0.25) is 0 Å². The van der Waals surface area contributed by atoms with E-state index in [2.05, 4.69) is 22.2 Å². The number of rotatable bonds is 4. The summed E-state index contributed by atoms with van der Waals surface area (Å²) in [4.78, 5) is 19.6. The predicted octanol–water partition coefficient (Wildman–Crippen LogP) is 5.08. The summed E-state index contributed by atoms with van der Waals surface area (Å²) in [6, 6.07) is 3.75. The van der Waals surface area contributed by atoms with Crippen molar-refractivity contribution in [1.82, 2.24) is 19.7 Å². The molecule has 1 aromatic carbocycles. The molecular weight excluding hydrogens is 435 g/mol. The van der Waals surface area contributed by atoms with Crippen molar-refractivity contribution in [3.8, 4) is 0 Å². The van der Waals surface area contributed by atoms with Gasteiger partial charge in [-0.2, -0.15) is 18.3 Å². The number of anilines is 1. The number of halogens is 3. The van der Waals surface area contributed by atoms with Crippen LogP contribution in [0.1, 0.15) is 74.2 Å². The molecule has 33 heavy (non-hydrogen) atoms. The molecule has 176 valence electrons. The summed E-state index contributed by atoms with van der Waals surface area (Å²) in [5.41, 5.74) is -1.28. The minimum atomic E-state index is -4.64. The van der Waals surface area contributed by atoms with Gasteiger partial charge in [0.25, 0.3) is 5.91 Å². The first kappa shape index (κ1) is 23.2. The fourth-order valence-electron chi connectivity index (χ4n) is 4.17. The lowest BCUT2D eigenvalue weighted by molar-refractivity contribution is -0.141. The molecule has 0 bridgehead atoms. The van der Waals surface area contributed by atoms with Gasteiger partial charge >= 0.3 is 6.18 Å². The van der Waals surface area contributed by atoms with Crippen molar-refractivity contribution >= 4 is 22.5 Å². The number of nitrogens with zero attached hydrogens (tertiary/aromatic N) is 4. The molecule has 2 aromatic heterocycles. The van der Waals surface area contributed by atoms with Crippen LogP contribution in [-0.2, 0) is 11.8 Å². The van der Waals surface area contributed by atoms with Crippen LogP contribution in [0.15, 0.2) is 30.7 Å². The molecule has 1 saturated carbocycles. The summed E-state index contributed by atoms with van der Waals surface area (Å²) in [6.45, 7) is 5.42. The van der Waals surface area contributed by atoms with Crippen molar-refractivity contribution in [2.75, 3.05) is 5.32 Å². The Balaban J connectivity index is 1.64. The lowest BCUT2D eigenvalue weighted by atomic mass is 9.87. The zero-order chi connectivity index (χ0) is 24.0. The molecule has 7 nitrogen and oxygen atoms in total. The topological polar surface area (TPSA) is 92.9 Å². The number of hydrogen-bond acceptors (Lipinski definition) is 5. The van der Waals surface area contributed by atoms with Gasteiger partial charge in [-0.15, -0.1) is 0 Å². The van der Waals surface area contributed by atoms with E-state index in [0.717, 1.165) is 37.3 Å². The number of amides is 1. The highest BCUT2D eigenvalue weighted by Crippen LogP contribution is 2.35. The van der Waals surface area contributed by atoms with E-state index in [9.17, 15) is 23.1 Å². The number of aliphatic hydroxyl groups is 1. The molecule has 0 unspecified atom stereocenters. The third-order valence-corrected chi connectivity index (χ3v) is 6.10. The third-order valence-electron chi connectivity index (χ3n) is 6.10. The molecule has 10 heteroatoms. The highest BCUT2D eigenvalue weighted by atomic mass is 19.4. The van der Waals surface area contributed by atoms with Gasteiger partial charge in [0.2, 0.25) is 0 Å². The van der Waals surface area contributed by atoms with E-state index in [1.165, 1.54) is 0 Å². The summed E-state index contributed by atoms with van der Waals surface area (Å²) in [5, 5.41) is 18.8. The number of carbonyl (C=O) groups is 1. The molecule has 1 aliphatic rings. The van der Waals surface area contributed by atoms with Gasteiger partial charge < -0.3 is 10.4 Å². The molecule has 2 heterocycles. The highest BCUT2D eigenvalue weighted by Gasteiger charge is 2.33. The second kappa shape index (κ2) is 8.40. The van der Waals surface area contributed by atoms with E-state index < -0.39 is 23.4 Å². The van der Waals surface area contributed by atoms with Crippen molar-refractivity contribution < 1.29 is 23.1 Å². The van der Waals surface area contributed by atoms with E-state index in [1.54, 1.807) is 26.0 Å². The second-order valence-corrected chi connectivity index (χ2v) is 9.28. The first-order chi connectivity index (χ1) is 15.4. The van der Waals surface area contributed by atoms with Gasteiger partial charge in [-0.25, -0.2) is 9.97 Å². The number of alkyl halides is 3. The normalized spacial score (nSPS) is 19.6. The van der Waals surface area contributed by atoms with E-state index in [4.69, 9.17) is 5.10 Å². The summed E-state index contributed by atoms with van der Waals surface area (Å²) >= 11 is 0. The Morgan fingerprint density at radius 1 is 1.12 bits per heavy atom. The summed E-state index contributed by atoms with van der Waals surface area (Å²) in [5.74, 6) is -0.0159. The van der Waals surface area contributed by atoms with Gasteiger partial charge in [-0.1, -0.05) is 6.92 Å². The van der Waals surface area contributed by atoms with Gasteiger partial charge in [0.05, 0.1) is 29.6 Å². The average molecular weight is 461 g/mol. The van der Waals surface area contributed by atoms with E-state index >= 15 is 0 Å². The Labute approximate surface area is 189 Å². The SMILES string of the molecule is CC(C)(O)c1cc2nn([C@H]3CC[C@H](C)CC3)cc2cc1NC(=O)c1cnc(C(F)(F)F)cn1. The molecule has 1 aliphatic carbocycles. The Hall–Kier alpha value is -3.01. The van der Waals surface area contributed by atoms with Crippen molar-refractivity contribution in [3.63, 3.8) is 0 Å².